The number of nitrogens with one attached hydrogen (secondary N) is 3. The molecule has 0 saturated carbocycles. The van der Waals surface area contributed by atoms with E-state index in [-0.39, 0.29) is 58.2 Å². The van der Waals surface area contributed by atoms with Crippen molar-refractivity contribution in [2.45, 2.75) is 126 Å². The van der Waals surface area contributed by atoms with E-state index in [0.29, 0.717) is 40.8 Å². The van der Waals surface area contributed by atoms with E-state index in [1.54, 1.807) is 48.5 Å². The number of anilines is 2. The Hall–Kier alpha value is -12.6. The van der Waals surface area contributed by atoms with Crippen LogP contribution in [0, 0.1) is 39.5 Å². The van der Waals surface area contributed by atoms with Gasteiger partial charge in [0.25, 0.3) is 0 Å². The van der Waals surface area contributed by atoms with Crippen molar-refractivity contribution >= 4 is 115 Å². The lowest BCUT2D eigenvalue weighted by Crippen LogP contribution is -2.55. The molecule has 0 spiro atoms. The third-order valence-corrected chi connectivity index (χ3v) is 20.4. The van der Waals surface area contributed by atoms with Crippen molar-refractivity contribution in [3.63, 3.8) is 0 Å². The molecule has 19 nitrogen and oxygen atoms in total. The van der Waals surface area contributed by atoms with Crippen LogP contribution in [0.5, 0.6) is 11.5 Å². The first-order chi connectivity index (χ1) is 54.4. The number of rotatable bonds is 25. The van der Waals surface area contributed by atoms with Crippen LogP contribution >= 0.6 is 0 Å². The van der Waals surface area contributed by atoms with Gasteiger partial charge in [0.1, 0.15) is 32.5 Å². The van der Waals surface area contributed by atoms with Crippen LogP contribution in [0.2, 0.25) is 0 Å². The fourth-order valence-corrected chi connectivity index (χ4v) is 14.4. The zero-order valence-corrected chi connectivity index (χ0v) is 68.3. The number of carboxylic acids is 2. The van der Waals surface area contributed by atoms with Crippen molar-refractivity contribution in [2.24, 2.45) is 25.9 Å². The molecule has 12 aromatic rings. The summed E-state index contributed by atoms with van der Waals surface area (Å²) in [5.41, 5.74) is 16.7. The van der Waals surface area contributed by atoms with E-state index in [0.717, 1.165) is 19.1 Å². The van der Waals surface area contributed by atoms with Crippen LogP contribution in [0.25, 0.3) is 79.0 Å². The molecule has 0 aliphatic carbocycles. The molecule has 0 radical (unpaired) electrons. The van der Waals surface area contributed by atoms with Gasteiger partial charge >= 0.3 is 11.9 Å². The minimum atomic E-state index is -1.35. The Morgan fingerprint density at radius 3 is 1.26 bits per heavy atom. The van der Waals surface area contributed by atoms with Crippen LogP contribution in [-0.2, 0) is 39.7 Å². The lowest BCUT2D eigenvalue weighted by molar-refractivity contribution is -0.646. The minimum Gasteiger partial charge on any atom is -0.872 e. The summed E-state index contributed by atoms with van der Waals surface area (Å²) >= 11 is 0. The highest BCUT2D eigenvalue weighted by molar-refractivity contribution is 6.02. The monoisotopic (exact) mass is 1530 g/mol. The summed E-state index contributed by atoms with van der Waals surface area (Å²) < 4.78 is 9.12. The van der Waals surface area contributed by atoms with Gasteiger partial charge in [-0.05, 0) is 206 Å². The predicted molar refractivity (Wildman–Crippen MR) is 457 cm³/mol. The average molecular weight is 1530 g/mol. The highest BCUT2D eigenvalue weighted by atomic mass is 16.4. The summed E-state index contributed by atoms with van der Waals surface area (Å²) in [7, 11) is 12.6. The molecule has 12 rings (SSSR count). The molecule has 592 valence electrons. The number of aryl methyl sites for hydroxylation is 4. The number of benzene rings is 8. The van der Waals surface area contributed by atoms with Gasteiger partial charge in [-0.2, -0.15) is 9.13 Å². The van der Waals surface area contributed by atoms with E-state index in [9.17, 15) is 49.2 Å². The van der Waals surface area contributed by atoms with Crippen LogP contribution in [0.15, 0.2) is 194 Å². The lowest BCUT2D eigenvalue weighted by atomic mass is 9.90. The van der Waals surface area contributed by atoms with Crippen molar-refractivity contribution in [2.75, 3.05) is 38.0 Å². The number of carbonyl (C=O) groups is 6. The van der Waals surface area contributed by atoms with Crippen LogP contribution < -0.4 is 45.1 Å². The molecule has 114 heavy (non-hydrogen) atoms. The fraction of sp³-hybridized carbons (Fsp3) is 0.284. The number of aldehydes is 1. The van der Waals surface area contributed by atoms with Gasteiger partial charge in [0.05, 0.1) is 17.2 Å². The van der Waals surface area contributed by atoms with Gasteiger partial charge in [-0.25, -0.2) is 9.59 Å². The standard InChI is InChI=1S/2C26H28N3.C23H16O6.C20H37N3O4/c2*1-19-17-21(20(2)29(19)24-9-7-6-8-10-24)11-13-23-14-12-22-18-25(27(3)4)15-16-26(22)28(23)5;24-20-16(14-7-3-1-5-12(14)9-18(20)22(26)27)11-17-15-8-4-2-6-13(15)10-19(21(17)25)23(28)29;1-7-8-9-16(12-24)22-19(26)18(11-14(4)5)23-20(27)17(10-13(2)3)21-15(6)25/h2*6-18H,1-5H3;1-10,24-25H,11H2,(H,26,27)(H,28,29);12-14,16-18H,7-11H2,1-6H3,(H,21,25)(H,22,26)(H,23,27)/q2*+1;;/p-2/t;;;16-,17-,18-/m...0/s1. The maximum atomic E-state index is 12.9. The summed E-state index contributed by atoms with van der Waals surface area (Å²) in [4.78, 5) is 75.3. The molecule has 3 amide bonds. The summed E-state index contributed by atoms with van der Waals surface area (Å²) in [5, 5.41) is 57.5. The molecule has 0 saturated heterocycles. The number of carboxylic acid groups (broad SMARTS) is 2. The molecule has 0 unspecified atom stereocenters. The van der Waals surface area contributed by atoms with E-state index in [2.05, 4.69) is 272 Å². The molecule has 19 heteroatoms. The Labute approximate surface area is 669 Å². The first kappa shape index (κ1) is 85.4. The van der Waals surface area contributed by atoms with E-state index in [1.165, 1.54) is 109 Å². The largest absolute Gasteiger partial charge is 0.872 e. The number of amides is 3. The molecule has 0 aliphatic rings. The average Bonchev–Trinajstić information content (AvgIpc) is 0.903. The SMILES string of the molecule is CCCC[C@@H](C=O)NC(=O)[C@H](CC(C)C)NC(=O)[C@H](CC(C)C)NC(C)=O.Cc1cc(/C=C/c2ccc3cc(N(C)C)ccc3[n+]2C)c(C)n1-c1ccccc1.Cc1cc(/C=C/c2ccc3cc(N(C)C)ccc3[n+]2C)c(C)n1-c1ccccc1.O=C(O)c1cc2ccccc2c(Cc2c([O-])c(C(=O)O)cc3ccccc23)c1[O-]. The molecule has 5 N–H and O–H groups in total. The van der Waals surface area contributed by atoms with Gasteiger partial charge in [-0.1, -0.05) is 144 Å². The quantitative estimate of drug-likeness (QED) is 0.0265. The number of carbonyl (C=O) groups excluding carboxylic acids is 4. The summed E-state index contributed by atoms with van der Waals surface area (Å²) in [6.45, 7) is 19.9. The second-order valence-corrected chi connectivity index (χ2v) is 30.2. The first-order valence-corrected chi connectivity index (χ1v) is 38.7. The number of pyridine rings is 2. The summed E-state index contributed by atoms with van der Waals surface area (Å²) in [5.74, 6) is -4.72. The van der Waals surface area contributed by atoms with E-state index in [1.807, 2.05) is 34.6 Å². The van der Waals surface area contributed by atoms with Gasteiger partial charge in [0.15, 0.2) is 0 Å². The van der Waals surface area contributed by atoms with Crippen molar-refractivity contribution in [3.8, 4) is 22.9 Å². The van der Waals surface area contributed by atoms with Gasteiger partial charge < -0.3 is 60.1 Å². The number of hydrogen-bond donors (Lipinski definition) is 5. The zero-order chi connectivity index (χ0) is 82.8. The summed E-state index contributed by atoms with van der Waals surface area (Å²) in [6, 6.07) is 61.8. The van der Waals surface area contributed by atoms with Gasteiger partial charge in [0.2, 0.25) is 40.1 Å². The Bertz CT molecular complexity index is 5230. The molecule has 0 fully saturated rings. The maximum absolute atomic E-state index is 12.9. The molecule has 4 heterocycles. The zero-order valence-electron chi connectivity index (χ0n) is 68.3. The lowest BCUT2D eigenvalue weighted by Gasteiger charge is -2.25. The highest BCUT2D eigenvalue weighted by Gasteiger charge is 2.29. The van der Waals surface area contributed by atoms with Gasteiger partial charge in [0, 0.05) is 128 Å². The van der Waals surface area contributed by atoms with Crippen LogP contribution in [-0.4, -0.2) is 102 Å². The number of hydrogen-bond acceptors (Lipinski definition) is 10. The number of aromatic carboxylic acids is 2. The van der Waals surface area contributed by atoms with E-state index < -0.39 is 41.6 Å². The normalized spacial score (nSPS) is 12.1. The van der Waals surface area contributed by atoms with Crippen molar-refractivity contribution in [1.82, 2.24) is 25.1 Å². The van der Waals surface area contributed by atoms with Gasteiger partial charge in [-0.3, -0.25) is 14.4 Å². The molecule has 8 aromatic carbocycles. The van der Waals surface area contributed by atoms with Crippen LogP contribution in [0.3, 0.4) is 0 Å². The number of nitrogens with zero attached hydrogens (tertiary/aromatic N) is 6. The van der Waals surface area contributed by atoms with E-state index in [4.69, 9.17) is 0 Å². The number of aromatic nitrogens is 4. The maximum Gasteiger partial charge on any atom is 0.335 e. The third-order valence-electron chi connectivity index (χ3n) is 20.4. The molecule has 0 aliphatic heterocycles. The Morgan fingerprint density at radius 2 is 0.886 bits per heavy atom. The van der Waals surface area contributed by atoms with Crippen molar-refractivity contribution < 1.29 is 58.3 Å². The van der Waals surface area contributed by atoms with Gasteiger partial charge in [-0.15, -0.1) is 0 Å². The minimum absolute atomic E-state index is 0.158. The molecule has 0 bridgehead atoms. The first-order valence-electron chi connectivity index (χ1n) is 38.7. The number of para-hydroxylation sites is 2. The van der Waals surface area contributed by atoms with Crippen molar-refractivity contribution in [1.29, 1.82) is 0 Å². The smallest absolute Gasteiger partial charge is 0.335 e. The molecule has 3 atom stereocenters. The highest BCUT2D eigenvalue weighted by Crippen LogP contribution is 2.38. The Balaban J connectivity index is 0.000000174. The van der Waals surface area contributed by atoms with E-state index >= 15 is 0 Å². The molecular weight excluding hydrogens is 1430 g/mol. The Morgan fingerprint density at radius 1 is 0.491 bits per heavy atom. The number of unbranched alkanes of at least 4 members (excludes halogenated alkanes) is 1. The molecular formula is C95H107N9O10. The van der Waals surface area contributed by atoms with Crippen molar-refractivity contribution in [3.05, 3.63) is 262 Å². The topological polar surface area (TPSA) is 249 Å². The summed E-state index contributed by atoms with van der Waals surface area (Å²) in [6.07, 6.45) is 12.7. The molecule has 4 aromatic heterocycles. The third kappa shape index (κ3) is 21.1. The van der Waals surface area contributed by atoms with Crippen LogP contribution in [0.4, 0.5) is 11.4 Å². The fourth-order valence-electron chi connectivity index (χ4n) is 14.4. The Kier molecular flexibility index (Phi) is 29.2. The van der Waals surface area contributed by atoms with Crippen LogP contribution in [0.1, 0.15) is 151 Å². The number of fused-ring (bicyclic) bond motifs is 4. The predicted octanol–water partition coefficient (Wildman–Crippen LogP) is 15.7. The second-order valence-electron chi connectivity index (χ2n) is 30.2. The second kappa shape index (κ2) is 39.0.